The molecule has 5 fully saturated rings. The molecule has 1 saturated heterocycles. The van der Waals surface area contributed by atoms with Crippen molar-refractivity contribution in [1.29, 1.82) is 0 Å². The first-order valence-corrected chi connectivity index (χ1v) is 17.8. The summed E-state index contributed by atoms with van der Waals surface area (Å²) in [5.74, 6) is -3.07. The lowest BCUT2D eigenvalue weighted by Crippen LogP contribution is -2.64. The van der Waals surface area contributed by atoms with Crippen molar-refractivity contribution in [2.75, 3.05) is 6.54 Å². The SMILES string of the molecule is CC(C)(C)OC(=O)C1(NC(=O)N[C@H](C(=O)N2C[C@H]3[C@@H]([C@H]2C(=O)NC(CC2CC2)C(=O)C(N)=O)C3(C)C)C2CCCCC2)CCCCC1. The molecule has 0 aromatic carbocycles. The van der Waals surface area contributed by atoms with Gasteiger partial charge >= 0.3 is 12.0 Å². The highest BCUT2D eigenvalue weighted by Gasteiger charge is 2.70. The van der Waals surface area contributed by atoms with E-state index in [0.29, 0.717) is 25.8 Å². The van der Waals surface area contributed by atoms with Gasteiger partial charge in [0.25, 0.3) is 5.91 Å². The second-order valence-electron chi connectivity index (χ2n) is 16.5. The van der Waals surface area contributed by atoms with Crippen LogP contribution >= 0.6 is 0 Å². The molecule has 262 valence electrons. The molecule has 4 saturated carbocycles. The summed E-state index contributed by atoms with van der Waals surface area (Å²) in [5.41, 5.74) is 3.25. The van der Waals surface area contributed by atoms with Gasteiger partial charge in [-0.2, -0.15) is 0 Å². The Morgan fingerprint density at radius 1 is 0.894 bits per heavy atom. The molecular formula is C35H55N5O7. The number of nitrogens with two attached hydrogens (primary N) is 1. The highest BCUT2D eigenvalue weighted by Crippen LogP contribution is 2.65. The topological polar surface area (TPSA) is 177 Å². The van der Waals surface area contributed by atoms with Crippen LogP contribution in [0.3, 0.4) is 0 Å². The van der Waals surface area contributed by atoms with Gasteiger partial charge in [0, 0.05) is 6.54 Å². The second kappa shape index (κ2) is 13.4. The number of carbonyl (C=O) groups excluding carboxylic acids is 6. The molecule has 5 amide bonds. The standard InChI is InChI=1S/C35H55N5O7/c1-33(2,3)47-31(45)35(16-10-7-11-17-35)39-32(46)38-25(21-12-8-6-9-13-21)30(44)40-19-22-24(34(22,4)5)26(40)29(43)37-23(18-20-14-15-20)27(41)28(36)42/h20-26H,6-19H2,1-5H3,(H2,36,42)(H,37,43)(H2,38,39,46)/t22-,23?,24-,25-,26-/m0/s1. The monoisotopic (exact) mass is 657 g/mol. The number of ether oxygens (including phenoxy) is 1. The summed E-state index contributed by atoms with van der Waals surface area (Å²) in [4.78, 5) is 81.8. The van der Waals surface area contributed by atoms with E-state index >= 15 is 0 Å². The maximum Gasteiger partial charge on any atom is 0.332 e. The van der Waals surface area contributed by atoms with Gasteiger partial charge in [-0.05, 0) is 82.0 Å². The van der Waals surface area contributed by atoms with Crippen LogP contribution in [0.25, 0.3) is 0 Å². The molecule has 1 heterocycles. The fraction of sp³-hybridized carbons (Fsp3) is 0.829. The zero-order valence-corrected chi connectivity index (χ0v) is 28.8. The Labute approximate surface area is 278 Å². The Morgan fingerprint density at radius 3 is 2.09 bits per heavy atom. The van der Waals surface area contributed by atoms with E-state index < -0.39 is 58.9 Å². The number of carbonyl (C=O) groups is 6. The lowest BCUT2D eigenvalue weighted by atomic mass is 9.81. The number of hydrogen-bond donors (Lipinski definition) is 4. The van der Waals surface area contributed by atoms with E-state index in [1.54, 1.807) is 25.7 Å². The molecule has 0 bridgehead atoms. The molecule has 12 heteroatoms. The quantitative estimate of drug-likeness (QED) is 0.195. The predicted molar refractivity (Wildman–Crippen MR) is 173 cm³/mol. The van der Waals surface area contributed by atoms with Crippen molar-refractivity contribution < 1.29 is 33.5 Å². The molecule has 1 unspecified atom stereocenters. The van der Waals surface area contributed by atoms with Crippen molar-refractivity contribution >= 4 is 35.5 Å². The van der Waals surface area contributed by atoms with E-state index in [0.717, 1.165) is 64.2 Å². The number of urea groups is 1. The zero-order valence-electron chi connectivity index (χ0n) is 28.8. The summed E-state index contributed by atoms with van der Waals surface area (Å²) in [6, 6.07) is -3.35. The van der Waals surface area contributed by atoms with Crippen molar-refractivity contribution in [2.24, 2.45) is 34.8 Å². The Hall–Kier alpha value is -3.18. The van der Waals surface area contributed by atoms with Crippen LogP contribution in [0.2, 0.25) is 0 Å². The molecule has 47 heavy (non-hydrogen) atoms. The van der Waals surface area contributed by atoms with Gasteiger partial charge in [0.1, 0.15) is 23.2 Å². The molecule has 5 N–H and O–H groups in total. The molecule has 5 atom stereocenters. The summed E-state index contributed by atoms with van der Waals surface area (Å²) in [6.07, 6.45) is 10.0. The number of esters is 1. The molecular weight excluding hydrogens is 602 g/mol. The average molecular weight is 658 g/mol. The third-order valence-corrected chi connectivity index (χ3v) is 11.4. The number of nitrogens with one attached hydrogen (secondary N) is 3. The van der Waals surface area contributed by atoms with E-state index in [2.05, 4.69) is 29.8 Å². The predicted octanol–water partition coefficient (Wildman–Crippen LogP) is 3.10. The van der Waals surface area contributed by atoms with E-state index in [1.807, 2.05) is 0 Å². The van der Waals surface area contributed by atoms with Crippen LogP contribution in [0.1, 0.15) is 118 Å². The molecule has 1 aliphatic heterocycles. The van der Waals surface area contributed by atoms with Gasteiger partial charge in [0.15, 0.2) is 0 Å². The minimum atomic E-state index is -1.18. The number of primary amides is 1. The van der Waals surface area contributed by atoms with Crippen LogP contribution in [0.15, 0.2) is 0 Å². The number of nitrogens with zero attached hydrogens (tertiary/aromatic N) is 1. The Bertz CT molecular complexity index is 1260. The molecule has 0 aromatic heterocycles. The van der Waals surface area contributed by atoms with Gasteiger partial charge in [-0.15, -0.1) is 0 Å². The highest BCUT2D eigenvalue weighted by atomic mass is 16.6. The van der Waals surface area contributed by atoms with Gasteiger partial charge in [-0.3, -0.25) is 19.2 Å². The van der Waals surface area contributed by atoms with Crippen LogP contribution in [0.5, 0.6) is 0 Å². The van der Waals surface area contributed by atoms with Gasteiger partial charge < -0.3 is 31.3 Å². The summed E-state index contributed by atoms with van der Waals surface area (Å²) in [6.45, 7) is 9.90. The van der Waals surface area contributed by atoms with Crippen LogP contribution < -0.4 is 21.7 Å². The number of amides is 5. The summed E-state index contributed by atoms with van der Waals surface area (Å²) >= 11 is 0. The maximum absolute atomic E-state index is 14.6. The van der Waals surface area contributed by atoms with E-state index in [-0.39, 0.29) is 35.0 Å². The molecule has 0 radical (unpaired) electrons. The van der Waals surface area contributed by atoms with E-state index in [1.165, 1.54) is 0 Å². The minimum Gasteiger partial charge on any atom is -0.458 e. The van der Waals surface area contributed by atoms with Crippen LogP contribution in [-0.4, -0.2) is 76.2 Å². The first kappa shape index (κ1) is 35.1. The van der Waals surface area contributed by atoms with Crippen molar-refractivity contribution in [3.05, 3.63) is 0 Å². The lowest BCUT2D eigenvalue weighted by Gasteiger charge is -2.40. The largest absolute Gasteiger partial charge is 0.458 e. The summed E-state index contributed by atoms with van der Waals surface area (Å²) in [5, 5.41) is 8.73. The van der Waals surface area contributed by atoms with Crippen molar-refractivity contribution in [1.82, 2.24) is 20.9 Å². The summed E-state index contributed by atoms with van der Waals surface area (Å²) in [7, 11) is 0. The molecule has 0 aromatic rings. The smallest absolute Gasteiger partial charge is 0.332 e. The fourth-order valence-electron chi connectivity index (χ4n) is 8.49. The molecule has 5 aliphatic rings. The van der Waals surface area contributed by atoms with Gasteiger partial charge in [-0.25, -0.2) is 9.59 Å². The Kier molecular flexibility index (Phi) is 10.0. The lowest BCUT2D eigenvalue weighted by molar-refractivity contribution is -0.164. The number of hydrogen-bond acceptors (Lipinski definition) is 7. The molecule has 0 spiro atoms. The van der Waals surface area contributed by atoms with Crippen LogP contribution in [0, 0.1) is 29.1 Å². The molecule has 4 aliphatic carbocycles. The van der Waals surface area contributed by atoms with Gasteiger partial charge in [-0.1, -0.05) is 65.2 Å². The first-order chi connectivity index (χ1) is 22.0. The van der Waals surface area contributed by atoms with Crippen LogP contribution in [-0.2, 0) is 28.7 Å². The first-order valence-electron chi connectivity index (χ1n) is 17.8. The maximum atomic E-state index is 14.6. The number of Topliss-reactive ketones (excluding diaryl/α,β-unsaturated/α-hetero) is 1. The normalized spacial score (nSPS) is 27.9. The highest BCUT2D eigenvalue weighted by molar-refractivity contribution is 6.37. The second-order valence-corrected chi connectivity index (χ2v) is 16.5. The van der Waals surface area contributed by atoms with Crippen LogP contribution in [0.4, 0.5) is 4.79 Å². The van der Waals surface area contributed by atoms with E-state index in [9.17, 15) is 28.8 Å². The number of likely N-dealkylation sites (tertiary alicyclic amines) is 1. The average Bonchev–Trinajstić information content (AvgIpc) is 3.86. The van der Waals surface area contributed by atoms with Crippen molar-refractivity contribution in [3.63, 3.8) is 0 Å². The van der Waals surface area contributed by atoms with E-state index in [4.69, 9.17) is 10.5 Å². The van der Waals surface area contributed by atoms with Crippen molar-refractivity contribution in [2.45, 2.75) is 147 Å². The number of fused-ring (bicyclic) bond motifs is 1. The number of ketones is 1. The van der Waals surface area contributed by atoms with Gasteiger partial charge in [0.05, 0.1) is 6.04 Å². The molecule has 12 nitrogen and oxygen atoms in total. The minimum absolute atomic E-state index is 0.0921. The fourth-order valence-corrected chi connectivity index (χ4v) is 8.49. The molecule has 5 rings (SSSR count). The van der Waals surface area contributed by atoms with Gasteiger partial charge in [0.2, 0.25) is 17.6 Å². The number of rotatable bonds is 11. The zero-order chi connectivity index (χ0) is 34.3. The number of piperidine rings is 1. The third kappa shape index (κ3) is 7.77. The van der Waals surface area contributed by atoms with Crippen molar-refractivity contribution in [3.8, 4) is 0 Å². The third-order valence-electron chi connectivity index (χ3n) is 11.4. The Balaban J connectivity index is 1.36. The Morgan fingerprint density at radius 2 is 1.51 bits per heavy atom. The summed E-state index contributed by atoms with van der Waals surface area (Å²) < 4.78 is 5.75.